The second kappa shape index (κ2) is 7.92. The van der Waals surface area contributed by atoms with Crippen LogP contribution in [0.3, 0.4) is 0 Å². The molecule has 1 spiro atoms. The molecule has 2 aliphatic rings. The average molecular weight is 438 g/mol. The van der Waals surface area contributed by atoms with Crippen molar-refractivity contribution in [2.45, 2.75) is 70.1 Å². The van der Waals surface area contributed by atoms with Crippen LogP contribution in [0.4, 0.5) is 0 Å². The number of aryl methyl sites for hydroxylation is 1. The number of carbonyl (C=O) groups excluding carboxylic acids is 2. The first-order valence-electron chi connectivity index (χ1n) is 9.59. The second-order valence-corrected chi connectivity index (χ2v) is 8.95. The van der Waals surface area contributed by atoms with Crippen molar-refractivity contribution in [3.05, 3.63) is 33.8 Å². The average Bonchev–Trinajstić information content (AvgIpc) is 2.89. The number of nitrogens with one attached hydrogen (secondary N) is 1. The molecule has 2 unspecified atom stereocenters. The lowest BCUT2D eigenvalue weighted by Crippen LogP contribution is -2.53. The highest BCUT2D eigenvalue weighted by Gasteiger charge is 2.57. The maximum atomic E-state index is 13.1. The van der Waals surface area contributed by atoms with Gasteiger partial charge in [0, 0.05) is 11.6 Å². The molecule has 0 aromatic heterocycles. The van der Waals surface area contributed by atoms with E-state index in [1.54, 1.807) is 7.11 Å². The Bertz CT molecular complexity index is 725. The van der Waals surface area contributed by atoms with Crippen LogP contribution in [-0.4, -0.2) is 36.7 Å². The molecule has 1 amide bonds. The van der Waals surface area contributed by atoms with Crippen LogP contribution < -0.4 is 5.32 Å². The van der Waals surface area contributed by atoms with E-state index in [1.165, 1.54) is 0 Å². The zero-order valence-corrected chi connectivity index (χ0v) is 18.0. The topological polar surface area (TPSA) is 64.6 Å². The normalized spacial score (nSPS) is 30.6. The van der Waals surface area contributed by atoms with E-state index in [9.17, 15) is 9.59 Å². The lowest BCUT2D eigenvalue weighted by molar-refractivity contribution is -0.158. The van der Waals surface area contributed by atoms with Gasteiger partial charge in [-0.15, -0.1) is 0 Å². The molecule has 1 aromatic carbocycles. The fraction of sp³-hybridized carbons (Fsp3) is 0.619. The summed E-state index contributed by atoms with van der Waals surface area (Å²) in [5.41, 5.74) is 1.42. The van der Waals surface area contributed by atoms with Gasteiger partial charge < -0.3 is 14.8 Å². The summed E-state index contributed by atoms with van der Waals surface area (Å²) in [7, 11) is 1.72. The van der Waals surface area contributed by atoms with Gasteiger partial charge in [0.1, 0.15) is 12.0 Å². The van der Waals surface area contributed by atoms with Crippen molar-refractivity contribution in [1.29, 1.82) is 0 Å². The first kappa shape index (κ1) is 20.3. The minimum absolute atomic E-state index is 0.0706. The van der Waals surface area contributed by atoms with Crippen LogP contribution in [0, 0.1) is 12.8 Å². The van der Waals surface area contributed by atoms with Gasteiger partial charge in [0.2, 0.25) is 5.91 Å². The van der Waals surface area contributed by atoms with Gasteiger partial charge in [-0.3, -0.25) is 9.59 Å². The lowest BCUT2D eigenvalue weighted by atomic mass is 9.74. The van der Waals surface area contributed by atoms with Crippen molar-refractivity contribution < 1.29 is 19.1 Å². The Morgan fingerprint density at radius 2 is 1.96 bits per heavy atom. The molecule has 148 valence electrons. The first-order chi connectivity index (χ1) is 12.8. The molecule has 6 heteroatoms. The third kappa shape index (κ3) is 3.92. The van der Waals surface area contributed by atoms with Gasteiger partial charge in [0.25, 0.3) is 0 Å². The molecule has 5 nitrogen and oxygen atoms in total. The van der Waals surface area contributed by atoms with Crippen LogP contribution in [0.1, 0.15) is 56.6 Å². The Hall–Kier alpha value is -1.40. The summed E-state index contributed by atoms with van der Waals surface area (Å²) in [6.45, 7) is 5.63. The molecule has 0 bridgehead atoms. The van der Waals surface area contributed by atoms with Crippen LogP contribution in [0.2, 0.25) is 0 Å². The number of amides is 1. The van der Waals surface area contributed by atoms with Crippen molar-refractivity contribution in [3.63, 3.8) is 0 Å². The van der Waals surface area contributed by atoms with Crippen LogP contribution in [0.15, 0.2) is 22.7 Å². The molecule has 2 atom stereocenters. The van der Waals surface area contributed by atoms with Crippen LogP contribution in [-0.2, 0) is 19.1 Å². The molecule has 1 aliphatic heterocycles. The first-order valence-corrected chi connectivity index (χ1v) is 10.4. The molecular weight excluding hydrogens is 410 g/mol. The third-order valence-corrected chi connectivity index (χ3v) is 6.58. The van der Waals surface area contributed by atoms with Crippen molar-refractivity contribution in [3.8, 4) is 0 Å². The third-order valence-electron chi connectivity index (χ3n) is 5.86. The number of rotatable bonds is 4. The summed E-state index contributed by atoms with van der Waals surface area (Å²) in [6.07, 6.45) is 2.85. The van der Waals surface area contributed by atoms with Gasteiger partial charge in [-0.2, -0.15) is 0 Å². The number of ether oxygens (including phenoxy) is 2. The van der Waals surface area contributed by atoms with E-state index in [0.717, 1.165) is 41.3 Å². The van der Waals surface area contributed by atoms with Gasteiger partial charge in [-0.1, -0.05) is 47.5 Å². The van der Waals surface area contributed by atoms with Crippen molar-refractivity contribution in [1.82, 2.24) is 5.32 Å². The van der Waals surface area contributed by atoms with E-state index in [2.05, 4.69) is 21.2 Å². The Morgan fingerprint density at radius 3 is 2.56 bits per heavy atom. The summed E-state index contributed by atoms with van der Waals surface area (Å²) in [5, 5.41) is 3.21. The van der Waals surface area contributed by atoms with E-state index in [4.69, 9.17) is 9.47 Å². The monoisotopic (exact) mass is 437 g/mol. The van der Waals surface area contributed by atoms with Crippen LogP contribution in [0.25, 0.3) is 0 Å². The lowest BCUT2D eigenvalue weighted by Gasteiger charge is -2.41. The maximum absolute atomic E-state index is 13.1. The SMILES string of the molecule is COC1CCC2(CC1)NC(=O)C(c1cc(C)ccc1Br)C2OC(=O)C(C)C. The van der Waals surface area contributed by atoms with E-state index in [1.807, 2.05) is 39.0 Å². The largest absolute Gasteiger partial charge is 0.458 e. The Morgan fingerprint density at radius 1 is 1.30 bits per heavy atom. The summed E-state index contributed by atoms with van der Waals surface area (Å²) in [5.74, 6) is -1.09. The zero-order valence-electron chi connectivity index (χ0n) is 16.4. The number of carbonyl (C=O) groups is 2. The predicted octanol–water partition coefficient (Wildman–Crippen LogP) is 3.87. The molecule has 1 aromatic rings. The number of benzene rings is 1. The van der Waals surface area contributed by atoms with Gasteiger partial charge >= 0.3 is 5.97 Å². The van der Waals surface area contributed by atoms with Gasteiger partial charge in [-0.25, -0.2) is 0 Å². The highest BCUT2D eigenvalue weighted by Crippen LogP contribution is 2.46. The number of esters is 1. The highest BCUT2D eigenvalue weighted by atomic mass is 79.9. The number of hydrogen-bond donors (Lipinski definition) is 1. The van der Waals surface area contributed by atoms with Crippen molar-refractivity contribution in [2.75, 3.05) is 7.11 Å². The molecule has 3 rings (SSSR count). The molecule has 1 saturated heterocycles. The molecule has 1 aliphatic carbocycles. The smallest absolute Gasteiger partial charge is 0.308 e. The molecule has 0 radical (unpaired) electrons. The van der Waals surface area contributed by atoms with Gasteiger partial charge in [0.15, 0.2) is 0 Å². The van der Waals surface area contributed by atoms with E-state index in [-0.39, 0.29) is 23.9 Å². The molecule has 2 fully saturated rings. The van der Waals surface area contributed by atoms with Gasteiger partial charge in [0.05, 0.1) is 17.6 Å². The standard InChI is InChI=1S/C21H28BrNO4/c1-12(2)20(25)27-18-17(15-11-13(3)5-6-16(15)22)19(24)23-21(18)9-7-14(26-4)8-10-21/h5-6,11-12,14,17-18H,7-10H2,1-4H3,(H,23,24). The van der Waals surface area contributed by atoms with Gasteiger partial charge in [-0.05, 0) is 44.2 Å². The summed E-state index contributed by atoms with van der Waals surface area (Å²) in [4.78, 5) is 25.6. The van der Waals surface area contributed by atoms with Crippen molar-refractivity contribution in [2.24, 2.45) is 5.92 Å². The quantitative estimate of drug-likeness (QED) is 0.726. The molecule has 1 heterocycles. The Balaban J connectivity index is 1.99. The number of halogens is 1. The van der Waals surface area contributed by atoms with Crippen LogP contribution in [0.5, 0.6) is 0 Å². The molecule has 1 N–H and O–H groups in total. The zero-order chi connectivity index (χ0) is 19.8. The summed E-state index contributed by atoms with van der Waals surface area (Å²) in [6, 6.07) is 5.95. The molecular formula is C21H28BrNO4. The predicted molar refractivity (Wildman–Crippen MR) is 106 cm³/mol. The van der Waals surface area contributed by atoms with E-state index >= 15 is 0 Å². The summed E-state index contributed by atoms with van der Waals surface area (Å²) < 4.78 is 12.3. The second-order valence-electron chi connectivity index (χ2n) is 8.10. The van der Waals surface area contributed by atoms with E-state index in [0.29, 0.717) is 0 Å². The minimum atomic E-state index is -0.523. The fourth-order valence-electron chi connectivity index (χ4n) is 4.25. The Labute approximate surface area is 169 Å². The Kier molecular flexibility index (Phi) is 5.96. The number of hydrogen-bond acceptors (Lipinski definition) is 4. The highest BCUT2D eigenvalue weighted by molar-refractivity contribution is 9.10. The maximum Gasteiger partial charge on any atom is 0.308 e. The van der Waals surface area contributed by atoms with Crippen LogP contribution >= 0.6 is 15.9 Å². The fourth-order valence-corrected chi connectivity index (χ4v) is 4.74. The van der Waals surface area contributed by atoms with Crippen molar-refractivity contribution >= 4 is 27.8 Å². The molecule has 27 heavy (non-hydrogen) atoms. The van der Waals surface area contributed by atoms with E-state index < -0.39 is 17.6 Å². The molecule has 1 saturated carbocycles. The summed E-state index contributed by atoms with van der Waals surface area (Å²) >= 11 is 3.58. The minimum Gasteiger partial charge on any atom is -0.458 e. The number of methoxy groups -OCH3 is 1.